The first-order valence-corrected chi connectivity index (χ1v) is 17.2. The lowest BCUT2D eigenvalue weighted by Gasteiger charge is -2.24. The van der Waals surface area contributed by atoms with E-state index < -0.39 is 40.9 Å². The number of ether oxygens (including phenoxy) is 4. The lowest BCUT2D eigenvalue weighted by atomic mass is 9.81. The van der Waals surface area contributed by atoms with Crippen LogP contribution in [0.3, 0.4) is 0 Å². The van der Waals surface area contributed by atoms with Crippen LogP contribution in [-0.4, -0.2) is 78.9 Å². The second-order valence-electron chi connectivity index (χ2n) is 12.9. The number of carbonyl (C=O) groups excluding carboxylic acids is 6. The number of allylic oxidation sites excluding steroid dienone is 2. The number of nitro groups is 1. The van der Waals surface area contributed by atoms with Crippen molar-refractivity contribution in [1.29, 1.82) is 0 Å². The zero-order valence-corrected chi connectivity index (χ0v) is 30.2. The molecule has 286 valence electrons. The average Bonchev–Trinajstić information content (AvgIpc) is 3.12. The summed E-state index contributed by atoms with van der Waals surface area (Å²) in [6.45, 7) is 7.90. The second-order valence-corrected chi connectivity index (χ2v) is 12.9. The van der Waals surface area contributed by atoms with Crippen molar-refractivity contribution in [2.24, 2.45) is 17.8 Å². The Morgan fingerprint density at radius 1 is 0.849 bits per heavy atom. The second kappa shape index (κ2) is 21.1. The third kappa shape index (κ3) is 14.6. The van der Waals surface area contributed by atoms with E-state index in [1.54, 1.807) is 38.1 Å². The predicted molar refractivity (Wildman–Crippen MR) is 191 cm³/mol. The minimum Gasteiger partial charge on any atom is -0.429 e. The van der Waals surface area contributed by atoms with Crippen LogP contribution in [0.5, 0.6) is 5.75 Å². The van der Waals surface area contributed by atoms with Crippen molar-refractivity contribution in [1.82, 2.24) is 10.6 Å². The van der Waals surface area contributed by atoms with E-state index in [2.05, 4.69) is 16.0 Å². The number of nitrogens with zero attached hydrogens (tertiary/aromatic N) is 1. The summed E-state index contributed by atoms with van der Waals surface area (Å²) < 4.78 is 21.1. The third-order valence-corrected chi connectivity index (χ3v) is 8.31. The molecule has 0 spiro atoms. The first-order chi connectivity index (χ1) is 25.2. The fourth-order valence-corrected chi connectivity index (χ4v) is 5.11. The average molecular weight is 739 g/mol. The van der Waals surface area contributed by atoms with Gasteiger partial charge < -0.3 is 34.9 Å². The van der Waals surface area contributed by atoms with Gasteiger partial charge >= 0.3 is 6.16 Å². The molecule has 2 aromatic carbocycles. The Morgan fingerprint density at radius 2 is 1.51 bits per heavy atom. The number of benzene rings is 2. The normalized spacial score (nSPS) is 15.6. The molecular weight excluding hydrogens is 692 g/mol. The first-order valence-electron chi connectivity index (χ1n) is 17.2. The maximum atomic E-state index is 13.0. The molecule has 0 bridgehead atoms. The smallest absolute Gasteiger partial charge is 0.429 e. The molecular formula is C37H46N4O12. The highest BCUT2D eigenvalue weighted by Crippen LogP contribution is 2.24. The maximum absolute atomic E-state index is 13.0. The van der Waals surface area contributed by atoms with Crippen LogP contribution < -0.4 is 20.7 Å². The van der Waals surface area contributed by atoms with E-state index in [-0.39, 0.29) is 73.4 Å². The van der Waals surface area contributed by atoms with Crippen molar-refractivity contribution in [3.05, 3.63) is 76.4 Å². The van der Waals surface area contributed by atoms with E-state index >= 15 is 0 Å². The highest BCUT2D eigenvalue weighted by molar-refractivity contribution is 6.06. The summed E-state index contributed by atoms with van der Waals surface area (Å²) in [5, 5.41) is 18.8. The van der Waals surface area contributed by atoms with Crippen molar-refractivity contribution in [3.63, 3.8) is 0 Å². The van der Waals surface area contributed by atoms with Crippen molar-refractivity contribution in [2.75, 3.05) is 31.7 Å². The van der Waals surface area contributed by atoms with Crippen LogP contribution >= 0.6 is 0 Å². The van der Waals surface area contributed by atoms with Crippen molar-refractivity contribution in [3.8, 4) is 5.75 Å². The molecule has 2 aromatic rings. The standard InChI is InChI=1S/C37H46N4O12/c1-23(2)34(40-33(44)16-18-51-20-19-50-17-15-24(3)31-21-29(42)11-14-32(31)43)36(46)38-25(4)35(45)39-27-7-5-26(6-8-27)22-52-37(47)53-30-12-9-28(10-13-30)41(48)49/h5-14,23-25,31,34H,15-22H2,1-4H3,(H,38,46)(H,39,45)(H,40,44)/t24?,25-,31?,34-/m0/s1. The van der Waals surface area contributed by atoms with E-state index in [0.717, 1.165) is 0 Å². The highest BCUT2D eigenvalue weighted by atomic mass is 16.7. The van der Waals surface area contributed by atoms with Gasteiger partial charge in [0.05, 0.1) is 24.7 Å². The Kier molecular flexibility index (Phi) is 16.7. The Bertz CT molecular complexity index is 1630. The van der Waals surface area contributed by atoms with Gasteiger partial charge in [0, 0.05) is 43.2 Å². The molecule has 0 fully saturated rings. The van der Waals surface area contributed by atoms with E-state index in [0.29, 0.717) is 30.9 Å². The van der Waals surface area contributed by atoms with Gasteiger partial charge in [0.1, 0.15) is 24.4 Å². The van der Waals surface area contributed by atoms with Gasteiger partial charge in [-0.2, -0.15) is 0 Å². The minimum atomic E-state index is -1.00. The molecule has 16 nitrogen and oxygen atoms in total. The van der Waals surface area contributed by atoms with Crippen molar-refractivity contribution in [2.45, 2.75) is 65.6 Å². The van der Waals surface area contributed by atoms with Crippen molar-refractivity contribution >= 4 is 46.8 Å². The topological polar surface area (TPSA) is 219 Å². The molecule has 3 N–H and O–H groups in total. The van der Waals surface area contributed by atoms with Gasteiger partial charge in [0.2, 0.25) is 17.7 Å². The quantitative estimate of drug-likeness (QED) is 0.0576. The zero-order valence-electron chi connectivity index (χ0n) is 30.2. The molecule has 53 heavy (non-hydrogen) atoms. The molecule has 0 heterocycles. The molecule has 0 saturated heterocycles. The summed E-state index contributed by atoms with van der Waals surface area (Å²) in [5.74, 6) is -1.99. The Hall–Kier alpha value is -5.48. The minimum absolute atomic E-state index is 0.0108. The van der Waals surface area contributed by atoms with E-state index in [1.807, 2.05) is 6.92 Å². The fraction of sp³-hybridized carbons (Fsp3) is 0.459. The van der Waals surface area contributed by atoms with Gasteiger partial charge in [0.25, 0.3) is 5.69 Å². The number of ketones is 2. The third-order valence-electron chi connectivity index (χ3n) is 8.31. The van der Waals surface area contributed by atoms with Crippen LogP contribution in [0.4, 0.5) is 16.2 Å². The number of nitrogens with one attached hydrogen (secondary N) is 3. The number of carbonyl (C=O) groups is 6. The zero-order chi connectivity index (χ0) is 38.9. The Morgan fingerprint density at radius 3 is 2.15 bits per heavy atom. The van der Waals surface area contributed by atoms with Gasteiger partial charge in [-0.1, -0.05) is 32.9 Å². The van der Waals surface area contributed by atoms with Crippen LogP contribution in [0.2, 0.25) is 0 Å². The predicted octanol–water partition coefficient (Wildman–Crippen LogP) is 4.06. The summed E-state index contributed by atoms with van der Waals surface area (Å²) >= 11 is 0. The van der Waals surface area contributed by atoms with E-state index in [1.165, 1.54) is 43.3 Å². The van der Waals surface area contributed by atoms with Crippen LogP contribution in [0.25, 0.3) is 0 Å². The molecule has 0 aromatic heterocycles. The van der Waals surface area contributed by atoms with Crippen LogP contribution in [0.1, 0.15) is 52.5 Å². The number of non-ortho nitro benzene ring substituents is 1. The number of hydrogen-bond donors (Lipinski definition) is 3. The SMILES string of the molecule is CC(CCOCCOCCC(=O)N[C@H](C(=O)N[C@@H](C)C(=O)Nc1ccc(COC(=O)Oc2ccc([N+](=O)[O-])cc2)cc1)C(C)C)C1CC(=O)C=CC1=O. The van der Waals surface area contributed by atoms with E-state index in [9.17, 15) is 38.9 Å². The van der Waals surface area contributed by atoms with Gasteiger partial charge in [-0.25, -0.2) is 4.79 Å². The van der Waals surface area contributed by atoms with Gasteiger partial charge in [-0.05, 0) is 67.2 Å². The number of anilines is 1. The lowest BCUT2D eigenvalue weighted by molar-refractivity contribution is -0.384. The number of hydrogen-bond acceptors (Lipinski definition) is 12. The summed E-state index contributed by atoms with van der Waals surface area (Å²) in [7, 11) is 0. The maximum Gasteiger partial charge on any atom is 0.514 e. The Labute approximate surface area is 307 Å². The largest absolute Gasteiger partial charge is 0.514 e. The molecule has 1 aliphatic carbocycles. The van der Waals surface area contributed by atoms with Crippen LogP contribution in [0, 0.1) is 27.9 Å². The number of amides is 3. The lowest BCUT2D eigenvalue weighted by Crippen LogP contribution is -2.53. The summed E-state index contributed by atoms with van der Waals surface area (Å²) in [5.41, 5.74) is 0.866. The van der Waals surface area contributed by atoms with Crippen LogP contribution in [-0.2, 0) is 44.8 Å². The molecule has 0 radical (unpaired) electrons. The van der Waals surface area contributed by atoms with Gasteiger partial charge in [0.15, 0.2) is 11.6 Å². The summed E-state index contributed by atoms with van der Waals surface area (Å²) in [4.78, 5) is 84.1. The molecule has 1 aliphatic rings. The molecule has 16 heteroatoms. The highest BCUT2D eigenvalue weighted by Gasteiger charge is 2.29. The van der Waals surface area contributed by atoms with Gasteiger partial charge in [-0.3, -0.25) is 34.1 Å². The Balaban J connectivity index is 1.31. The molecule has 2 unspecified atom stereocenters. The molecule has 0 aliphatic heterocycles. The summed E-state index contributed by atoms with van der Waals surface area (Å²) in [6.07, 6.45) is 2.53. The molecule has 3 rings (SSSR count). The molecule has 0 saturated carbocycles. The number of nitro benzene ring substituents is 1. The first kappa shape index (κ1) is 41.9. The van der Waals surface area contributed by atoms with Crippen molar-refractivity contribution < 1.29 is 52.6 Å². The fourth-order valence-electron chi connectivity index (χ4n) is 5.11. The monoisotopic (exact) mass is 738 g/mol. The summed E-state index contributed by atoms with van der Waals surface area (Å²) in [6, 6.07) is 9.51. The molecule has 3 amide bonds. The molecule has 4 atom stereocenters. The van der Waals surface area contributed by atoms with Crippen LogP contribution in [0.15, 0.2) is 60.7 Å². The van der Waals surface area contributed by atoms with Gasteiger partial charge in [-0.15, -0.1) is 0 Å². The number of rotatable bonds is 20. The van der Waals surface area contributed by atoms with E-state index in [4.69, 9.17) is 18.9 Å².